The number of halogens is 3. The predicted molar refractivity (Wildman–Crippen MR) is 138 cm³/mol. The van der Waals surface area contributed by atoms with E-state index in [2.05, 4.69) is 38.3 Å². The van der Waals surface area contributed by atoms with Crippen LogP contribution in [0.3, 0.4) is 0 Å². The fraction of sp³-hybridized carbons (Fsp3) is 0.364. The number of anilines is 1. The highest BCUT2D eigenvalue weighted by atomic mass is 35.5. The number of rotatable bonds is 4. The highest BCUT2D eigenvalue weighted by molar-refractivity contribution is 8.01. The van der Waals surface area contributed by atoms with Gasteiger partial charge in [-0.25, -0.2) is 0 Å². The van der Waals surface area contributed by atoms with E-state index in [0.29, 0.717) is 31.4 Å². The zero-order chi connectivity index (χ0) is 22.9. The minimum atomic E-state index is -0.323. The van der Waals surface area contributed by atoms with E-state index in [-0.39, 0.29) is 28.1 Å². The van der Waals surface area contributed by atoms with Gasteiger partial charge in [0.2, 0.25) is 0 Å². The lowest BCUT2D eigenvalue weighted by Gasteiger charge is -2.35. The minimum absolute atomic E-state index is 0.0107. The van der Waals surface area contributed by atoms with Crippen LogP contribution < -0.4 is 10.6 Å². The van der Waals surface area contributed by atoms with Crippen LogP contribution in [-0.4, -0.2) is 32.2 Å². The molecule has 2 unspecified atom stereocenters. The molecule has 2 N–H and O–H groups in total. The molecule has 0 bridgehead atoms. The fourth-order valence-corrected chi connectivity index (χ4v) is 5.64. The van der Waals surface area contributed by atoms with Crippen LogP contribution in [-0.2, 0) is 0 Å². The summed E-state index contributed by atoms with van der Waals surface area (Å²) in [6.45, 7) is 8.46. The molecule has 0 radical (unpaired) electrons. The molecule has 4 nitrogen and oxygen atoms in total. The Balaban J connectivity index is 1.86. The Hall–Kier alpha value is -1.18. The second kappa shape index (κ2) is 9.75. The first kappa shape index (κ1) is 24.5. The molecular weight excluding hydrogens is 493 g/mol. The standard InChI is InChI=1S/C22H24Cl3N3OS2/c1-12(2)19-28(18(29)13-5-7-14(23)8-6-13)20(22(3,4)31-19)27-21(30)26-15-9-10-16(24)17(25)11-15/h5-12,19-20H,1-4H3,(H2,26,27,30). The van der Waals surface area contributed by atoms with E-state index in [1.54, 1.807) is 54.2 Å². The zero-order valence-electron chi connectivity index (χ0n) is 17.6. The second-order valence-corrected chi connectivity index (χ2v) is 11.6. The molecule has 31 heavy (non-hydrogen) atoms. The highest BCUT2D eigenvalue weighted by Crippen LogP contribution is 2.46. The molecule has 0 aromatic heterocycles. The van der Waals surface area contributed by atoms with Crippen LogP contribution in [0.4, 0.5) is 5.69 Å². The van der Waals surface area contributed by atoms with Crippen molar-refractivity contribution in [2.24, 2.45) is 5.92 Å². The smallest absolute Gasteiger partial charge is 0.256 e. The maximum absolute atomic E-state index is 13.5. The van der Waals surface area contributed by atoms with Crippen LogP contribution >= 0.6 is 58.8 Å². The molecule has 1 saturated heterocycles. The lowest BCUT2D eigenvalue weighted by molar-refractivity contribution is 0.0605. The van der Waals surface area contributed by atoms with Gasteiger partial charge in [0.1, 0.15) is 6.17 Å². The van der Waals surface area contributed by atoms with Crippen molar-refractivity contribution in [3.05, 3.63) is 63.1 Å². The Bertz CT molecular complexity index is 982. The van der Waals surface area contributed by atoms with Gasteiger partial charge in [0.25, 0.3) is 5.91 Å². The molecule has 2 atom stereocenters. The van der Waals surface area contributed by atoms with Gasteiger partial charge in [-0.15, -0.1) is 11.8 Å². The number of amides is 1. The van der Waals surface area contributed by atoms with Crippen LogP contribution in [0, 0.1) is 5.92 Å². The van der Waals surface area contributed by atoms with E-state index in [1.165, 1.54) is 0 Å². The number of hydrogen-bond acceptors (Lipinski definition) is 3. The number of nitrogens with zero attached hydrogens (tertiary/aromatic N) is 1. The molecule has 0 spiro atoms. The summed E-state index contributed by atoms with van der Waals surface area (Å²) in [5.74, 6) is 0.187. The zero-order valence-corrected chi connectivity index (χ0v) is 21.5. The third-order valence-electron chi connectivity index (χ3n) is 4.98. The molecule has 0 aliphatic carbocycles. The Labute approximate surface area is 208 Å². The highest BCUT2D eigenvalue weighted by Gasteiger charge is 2.50. The lowest BCUT2D eigenvalue weighted by Crippen LogP contribution is -2.57. The number of thiocarbonyl (C=S) groups is 1. The summed E-state index contributed by atoms with van der Waals surface area (Å²) in [7, 11) is 0. The first-order chi connectivity index (χ1) is 14.5. The number of nitrogens with one attached hydrogen (secondary N) is 2. The molecule has 2 aromatic carbocycles. The van der Waals surface area contributed by atoms with Crippen LogP contribution in [0.1, 0.15) is 38.1 Å². The number of carbonyl (C=O) groups is 1. The van der Waals surface area contributed by atoms with Gasteiger partial charge in [0.05, 0.1) is 20.2 Å². The quantitative estimate of drug-likeness (QED) is 0.432. The van der Waals surface area contributed by atoms with Crippen molar-refractivity contribution >= 4 is 75.5 Å². The van der Waals surface area contributed by atoms with Gasteiger partial charge in [0, 0.05) is 16.3 Å². The Kier molecular flexibility index (Phi) is 7.70. The predicted octanol–water partition coefficient (Wildman–Crippen LogP) is 6.91. The molecule has 9 heteroatoms. The van der Waals surface area contributed by atoms with Crippen molar-refractivity contribution in [3.63, 3.8) is 0 Å². The number of benzene rings is 2. The van der Waals surface area contributed by atoms with E-state index in [1.807, 2.05) is 4.90 Å². The normalized spacial score (nSPS) is 20.1. The molecule has 1 amide bonds. The maximum Gasteiger partial charge on any atom is 0.256 e. The molecule has 2 aromatic rings. The van der Waals surface area contributed by atoms with E-state index in [0.717, 1.165) is 0 Å². The molecule has 1 aliphatic rings. The van der Waals surface area contributed by atoms with Gasteiger partial charge in [-0.2, -0.15) is 0 Å². The van der Waals surface area contributed by atoms with Crippen LogP contribution in [0.15, 0.2) is 42.5 Å². The van der Waals surface area contributed by atoms with Gasteiger partial charge in [-0.1, -0.05) is 48.7 Å². The summed E-state index contributed by atoms with van der Waals surface area (Å²) in [5, 5.41) is 8.38. The molecule has 1 aliphatic heterocycles. The van der Waals surface area contributed by atoms with Crippen LogP contribution in [0.2, 0.25) is 15.1 Å². The van der Waals surface area contributed by atoms with E-state index < -0.39 is 0 Å². The fourth-order valence-electron chi connectivity index (χ4n) is 3.45. The molecule has 3 rings (SSSR count). The number of thioether (sulfide) groups is 1. The Morgan fingerprint density at radius 1 is 1.10 bits per heavy atom. The third-order valence-corrected chi connectivity index (χ3v) is 8.03. The first-order valence-electron chi connectivity index (χ1n) is 9.78. The molecule has 0 saturated carbocycles. The van der Waals surface area contributed by atoms with E-state index in [4.69, 9.17) is 47.0 Å². The van der Waals surface area contributed by atoms with Gasteiger partial charge in [0.15, 0.2) is 5.11 Å². The average molecular weight is 517 g/mol. The summed E-state index contributed by atoms with van der Waals surface area (Å²) in [6, 6.07) is 12.2. The Morgan fingerprint density at radius 3 is 2.32 bits per heavy atom. The minimum Gasteiger partial charge on any atom is -0.341 e. The SMILES string of the molecule is CC(C)C1SC(C)(C)C(NC(=S)Nc2ccc(Cl)c(Cl)c2)N1C(=O)c1ccc(Cl)cc1. The van der Waals surface area contributed by atoms with Crippen molar-refractivity contribution in [1.29, 1.82) is 0 Å². The van der Waals surface area contributed by atoms with E-state index >= 15 is 0 Å². The van der Waals surface area contributed by atoms with Gasteiger partial charge >= 0.3 is 0 Å². The van der Waals surface area contributed by atoms with Crippen molar-refractivity contribution in [2.45, 2.75) is 44.0 Å². The molecule has 166 valence electrons. The maximum atomic E-state index is 13.5. The molecule has 1 heterocycles. The van der Waals surface area contributed by atoms with Crippen molar-refractivity contribution in [2.75, 3.05) is 5.32 Å². The summed E-state index contributed by atoms with van der Waals surface area (Å²) >= 11 is 25.4. The van der Waals surface area contributed by atoms with Gasteiger partial charge in [-0.3, -0.25) is 4.79 Å². The first-order valence-corrected chi connectivity index (χ1v) is 12.2. The van der Waals surface area contributed by atoms with Crippen LogP contribution in [0.25, 0.3) is 0 Å². The summed E-state index contributed by atoms with van der Waals surface area (Å²) < 4.78 is -0.277. The summed E-state index contributed by atoms with van der Waals surface area (Å²) in [5.41, 5.74) is 1.30. The monoisotopic (exact) mass is 515 g/mol. The molecule has 1 fully saturated rings. The average Bonchev–Trinajstić information content (AvgIpc) is 2.95. The van der Waals surface area contributed by atoms with Gasteiger partial charge in [-0.05, 0) is 74.4 Å². The van der Waals surface area contributed by atoms with E-state index in [9.17, 15) is 4.79 Å². The van der Waals surface area contributed by atoms with Crippen molar-refractivity contribution in [1.82, 2.24) is 10.2 Å². The number of hydrogen-bond donors (Lipinski definition) is 2. The van der Waals surface area contributed by atoms with Crippen molar-refractivity contribution < 1.29 is 4.79 Å². The largest absolute Gasteiger partial charge is 0.341 e. The lowest BCUT2D eigenvalue weighted by atomic mass is 10.1. The molecular formula is C22H24Cl3N3OS2. The number of carbonyl (C=O) groups excluding carboxylic acids is 1. The summed E-state index contributed by atoms with van der Waals surface area (Å²) in [6.07, 6.45) is -0.323. The second-order valence-electron chi connectivity index (χ2n) is 8.21. The van der Waals surface area contributed by atoms with Gasteiger partial charge < -0.3 is 15.5 Å². The van der Waals surface area contributed by atoms with Crippen molar-refractivity contribution in [3.8, 4) is 0 Å². The topological polar surface area (TPSA) is 44.4 Å². The van der Waals surface area contributed by atoms with Crippen LogP contribution in [0.5, 0.6) is 0 Å². The summed E-state index contributed by atoms with van der Waals surface area (Å²) in [4.78, 5) is 15.4. The Morgan fingerprint density at radius 2 is 1.74 bits per heavy atom. The third kappa shape index (κ3) is 5.60.